The monoisotopic (exact) mass is 275 g/mol. The number of hydrogen-bond donors (Lipinski definition) is 1. The predicted molar refractivity (Wildman–Crippen MR) is 81.1 cm³/mol. The molecule has 1 saturated carbocycles. The first-order valence-electron chi connectivity index (χ1n) is 7.74. The summed E-state index contributed by atoms with van der Waals surface area (Å²) < 4.78 is 5.42. The molecule has 1 aromatic heterocycles. The maximum Gasteiger partial charge on any atom is 0.128 e. The molecule has 0 spiro atoms. The van der Waals surface area contributed by atoms with Crippen LogP contribution in [-0.2, 0) is 11.3 Å². The van der Waals surface area contributed by atoms with Gasteiger partial charge >= 0.3 is 0 Å². The van der Waals surface area contributed by atoms with Gasteiger partial charge in [0.2, 0.25) is 0 Å². The zero-order valence-electron chi connectivity index (χ0n) is 12.6. The maximum atomic E-state index is 5.42. The number of aromatic nitrogens is 1. The fraction of sp³-hybridized carbons (Fsp3) is 0.688. The first-order chi connectivity index (χ1) is 9.76. The molecule has 1 aliphatic carbocycles. The Morgan fingerprint density at radius 3 is 2.60 bits per heavy atom. The number of nitrogens with one attached hydrogen (secondary N) is 1. The Morgan fingerprint density at radius 2 is 2.00 bits per heavy atom. The summed E-state index contributed by atoms with van der Waals surface area (Å²) in [5.74, 6) is 1.12. The second-order valence-electron chi connectivity index (χ2n) is 5.99. The third kappa shape index (κ3) is 3.30. The molecule has 0 radical (unpaired) electrons. The summed E-state index contributed by atoms with van der Waals surface area (Å²) in [6, 6.07) is 5.15. The molecule has 4 heteroatoms. The van der Waals surface area contributed by atoms with Gasteiger partial charge in [0.05, 0.1) is 6.10 Å². The van der Waals surface area contributed by atoms with Crippen LogP contribution in [0, 0.1) is 6.92 Å². The highest BCUT2D eigenvalue weighted by Gasteiger charge is 2.21. The molecule has 2 heterocycles. The number of rotatable bonds is 5. The molecule has 20 heavy (non-hydrogen) atoms. The first kappa shape index (κ1) is 13.8. The predicted octanol–water partition coefficient (Wildman–Crippen LogP) is 2.26. The fourth-order valence-corrected chi connectivity index (χ4v) is 2.80. The average Bonchev–Trinajstić information content (AvgIpc) is 3.30. The van der Waals surface area contributed by atoms with Crippen LogP contribution < -0.4 is 10.2 Å². The number of piperidine rings is 1. The smallest absolute Gasteiger partial charge is 0.128 e. The number of anilines is 1. The average molecular weight is 275 g/mol. The molecule has 1 saturated heterocycles. The quantitative estimate of drug-likeness (QED) is 0.894. The SMILES string of the molecule is COC1CCN(c2ccc(CNC3CC3)c(C)n2)CC1. The molecule has 2 fully saturated rings. The van der Waals surface area contributed by atoms with E-state index in [0.717, 1.165) is 50.0 Å². The highest BCUT2D eigenvalue weighted by molar-refractivity contribution is 5.42. The summed E-state index contributed by atoms with van der Waals surface area (Å²) in [4.78, 5) is 7.17. The third-order valence-corrected chi connectivity index (χ3v) is 4.44. The molecule has 0 atom stereocenters. The van der Waals surface area contributed by atoms with Gasteiger partial charge in [-0.3, -0.25) is 0 Å². The van der Waals surface area contributed by atoms with E-state index in [9.17, 15) is 0 Å². The van der Waals surface area contributed by atoms with Crippen molar-refractivity contribution in [2.45, 2.75) is 51.3 Å². The molecule has 1 aromatic rings. The number of methoxy groups -OCH3 is 1. The van der Waals surface area contributed by atoms with Crippen LogP contribution in [0.25, 0.3) is 0 Å². The van der Waals surface area contributed by atoms with Crippen LogP contribution >= 0.6 is 0 Å². The molecule has 0 unspecified atom stereocenters. The summed E-state index contributed by atoms with van der Waals surface area (Å²) in [6.07, 6.45) is 5.29. The lowest BCUT2D eigenvalue weighted by molar-refractivity contribution is 0.0818. The van der Waals surface area contributed by atoms with E-state index < -0.39 is 0 Å². The van der Waals surface area contributed by atoms with Crippen molar-refractivity contribution in [3.05, 3.63) is 23.4 Å². The second-order valence-corrected chi connectivity index (χ2v) is 5.99. The first-order valence-corrected chi connectivity index (χ1v) is 7.74. The molecule has 0 amide bonds. The summed E-state index contributed by atoms with van der Waals surface area (Å²) in [7, 11) is 1.81. The van der Waals surface area contributed by atoms with Crippen molar-refractivity contribution >= 4 is 5.82 Å². The van der Waals surface area contributed by atoms with Crippen molar-refractivity contribution in [1.82, 2.24) is 10.3 Å². The van der Waals surface area contributed by atoms with Gasteiger partial charge in [0.15, 0.2) is 0 Å². The normalized spacial score (nSPS) is 20.4. The standard InChI is InChI=1S/C16H25N3O/c1-12-13(11-17-14-4-5-14)3-6-16(18-12)19-9-7-15(20-2)8-10-19/h3,6,14-15,17H,4-5,7-11H2,1-2H3. The van der Waals surface area contributed by atoms with Gasteiger partial charge in [-0.25, -0.2) is 4.98 Å². The van der Waals surface area contributed by atoms with Gasteiger partial charge in [-0.1, -0.05) is 6.07 Å². The van der Waals surface area contributed by atoms with Crippen LogP contribution in [0.15, 0.2) is 12.1 Å². The molecule has 110 valence electrons. The summed E-state index contributed by atoms with van der Waals surface area (Å²) in [5, 5.41) is 3.56. The van der Waals surface area contributed by atoms with Gasteiger partial charge in [0.25, 0.3) is 0 Å². The molecule has 0 aromatic carbocycles. The van der Waals surface area contributed by atoms with Crippen LogP contribution in [0.1, 0.15) is 36.9 Å². The molecule has 3 rings (SSSR count). The van der Waals surface area contributed by atoms with Crippen molar-refractivity contribution < 1.29 is 4.74 Å². The Kier molecular flexibility index (Phi) is 4.22. The van der Waals surface area contributed by atoms with Gasteiger partial charge in [-0.15, -0.1) is 0 Å². The minimum atomic E-state index is 0.425. The van der Waals surface area contributed by atoms with Crippen molar-refractivity contribution in [2.75, 3.05) is 25.1 Å². The Balaban J connectivity index is 1.60. The van der Waals surface area contributed by atoms with E-state index in [2.05, 4.69) is 29.3 Å². The van der Waals surface area contributed by atoms with Crippen LogP contribution in [-0.4, -0.2) is 37.3 Å². The highest BCUT2D eigenvalue weighted by atomic mass is 16.5. The number of hydrogen-bond acceptors (Lipinski definition) is 4. The zero-order valence-corrected chi connectivity index (χ0v) is 12.6. The summed E-state index contributed by atoms with van der Waals surface area (Å²) >= 11 is 0. The Labute approximate surface area is 121 Å². The minimum absolute atomic E-state index is 0.425. The van der Waals surface area contributed by atoms with Crippen molar-refractivity contribution in [2.24, 2.45) is 0 Å². The topological polar surface area (TPSA) is 37.4 Å². The van der Waals surface area contributed by atoms with Gasteiger partial charge in [-0.05, 0) is 44.2 Å². The number of nitrogens with zero attached hydrogens (tertiary/aromatic N) is 2. The Morgan fingerprint density at radius 1 is 1.25 bits per heavy atom. The Bertz CT molecular complexity index is 451. The van der Waals surface area contributed by atoms with Crippen LogP contribution in [0.3, 0.4) is 0 Å². The van der Waals surface area contributed by atoms with Crippen LogP contribution in [0.4, 0.5) is 5.82 Å². The van der Waals surface area contributed by atoms with E-state index in [1.807, 2.05) is 7.11 Å². The van der Waals surface area contributed by atoms with Crippen molar-refractivity contribution in [1.29, 1.82) is 0 Å². The lowest BCUT2D eigenvalue weighted by atomic mass is 10.1. The minimum Gasteiger partial charge on any atom is -0.381 e. The fourth-order valence-electron chi connectivity index (χ4n) is 2.80. The molecule has 0 bridgehead atoms. The van der Waals surface area contributed by atoms with E-state index >= 15 is 0 Å². The van der Waals surface area contributed by atoms with Gasteiger partial charge in [0, 0.05) is 38.5 Å². The maximum absolute atomic E-state index is 5.42. The van der Waals surface area contributed by atoms with Gasteiger partial charge in [0.1, 0.15) is 5.82 Å². The molecule has 2 aliphatic rings. The van der Waals surface area contributed by atoms with Gasteiger partial charge in [-0.2, -0.15) is 0 Å². The lowest BCUT2D eigenvalue weighted by Gasteiger charge is -2.32. The number of pyridine rings is 1. The van der Waals surface area contributed by atoms with E-state index in [-0.39, 0.29) is 0 Å². The number of ether oxygens (including phenoxy) is 1. The summed E-state index contributed by atoms with van der Waals surface area (Å²) in [5.41, 5.74) is 2.48. The molecular weight excluding hydrogens is 250 g/mol. The largest absolute Gasteiger partial charge is 0.381 e. The second kappa shape index (κ2) is 6.10. The molecule has 4 nitrogen and oxygen atoms in total. The molecule has 1 aliphatic heterocycles. The van der Waals surface area contributed by atoms with E-state index in [1.165, 1.54) is 18.4 Å². The van der Waals surface area contributed by atoms with Crippen LogP contribution in [0.5, 0.6) is 0 Å². The number of aryl methyl sites for hydroxylation is 1. The van der Waals surface area contributed by atoms with E-state index in [4.69, 9.17) is 9.72 Å². The summed E-state index contributed by atoms with van der Waals surface area (Å²) in [6.45, 7) is 5.17. The van der Waals surface area contributed by atoms with Crippen LogP contribution in [0.2, 0.25) is 0 Å². The zero-order chi connectivity index (χ0) is 13.9. The Hall–Kier alpha value is -1.13. The highest BCUT2D eigenvalue weighted by Crippen LogP contribution is 2.22. The third-order valence-electron chi connectivity index (χ3n) is 4.44. The molecule has 1 N–H and O–H groups in total. The lowest BCUT2D eigenvalue weighted by Crippen LogP contribution is -2.37. The van der Waals surface area contributed by atoms with E-state index in [1.54, 1.807) is 0 Å². The van der Waals surface area contributed by atoms with E-state index in [0.29, 0.717) is 6.10 Å². The van der Waals surface area contributed by atoms with Crippen molar-refractivity contribution in [3.63, 3.8) is 0 Å². The van der Waals surface area contributed by atoms with Gasteiger partial charge < -0.3 is 15.0 Å². The van der Waals surface area contributed by atoms with Crippen molar-refractivity contribution in [3.8, 4) is 0 Å². The molecular formula is C16H25N3O.